The molecule has 0 spiro atoms. The standard InChI is InChI=1S/C13H16Cl2N2O2/c14-9-4-8(5-10(15)12(9)16)13(19)17-6-7-2-1-3-11(7)18/h4-5,7,11,18H,1-3,6,16H2,(H,17,19). The number of rotatable bonds is 3. The average molecular weight is 303 g/mol. The Hall–Kier alpha value is -0.970. The van der Waals surface area contributed by atoms with E-state index in [4.69, 9.17) is 28.9 Å². The Morgan fingerprint density at radius 1 is 1.37 bits per heavy atom. The minimum Gasteiger partial charge on any atom is -0.396 e. The predicted octanol–water partition coefficient (Wildman–Crippen LogP) is 2.47. The van der Waals surface area contributed by atoms with Gasteiger partial charge in [-0.3, -0.25) is 4.79 Å². The molecule has 4 nitrogen and oxygen atoms in total. The van der Waals surface area contributed by atoms with Crippen LogP contribution in [0.3, 0.4) is 0 Å². The van der Waals surface area contributed by atoms with E-state index in [2.05, 4.69) is 5.32 Å². The van der Waals surface area contributed by atoms with Crippen LogP contribution in [0.4, 0.5) is 5.69 Å². The highest BCUT2D eigenvalue weighted by atomic mass is 35.5. The zero-order chi connectivity index (χ0) is 14.0. The molecule has 0 saturated heterocycles. The van der Waals surface area contributed by atoms with Crippen molar-refractivity contribution in [1.29, 1.82) is 0 Å². The van der Waals surface area contributed by atoms with E-state index in [-0.39, 0.29) is 33.7 Å². The van der Waals surface area contributed by atoms with Gasteiger partial charge in [0.05, 0.1) is 21.8 Å². The quantitative estimate of drug-likeness (QED) is 0.751. The van der Waals surface area contributed by atoms with Crippen LogP contribution in [0.25, 0.3) is 0 Å². The van der Waals surface area contributed by atoms with Gasteiger partial charge in [0.25, 0.3) is 5.91 Å². The molecule has 104 valence electrons. The van der Waals surface area contributed by atoms with E-state index in [0.29, 0.717) is 12.1 Å². The summed E-state index contributed by atoms with van der Waals surface area (Å²) in [7, 11) is 0. The third-order valence-electron chi connectivity index (χ3n) is 3.49. The van der Waals surface area contributed by atoms with Crippen molar-refractivity contribution in [2.24, 2.45) is 5.92 Å². The average Bonchev–Trinajstić information content (AvgIpc) is 2.78. The minimum absolute atomic E-state index is 0.128. The lowest BCUT2D eigenvalue weighted by atomic mass is 10.1. The summed E-state index contributed by atoms with van der Waals surface area (Å²) in [5.74, 6) is -0.133. The molecule has 1 aliphatic carbocycles. The van der Waals surface area contributed by atoms with Crippen LogP contribution < -0.4 is 11.1 Å². The van der Waals surface area contributed by atoms with E-state index >= 15 is 0 Å². The molecule has 1 saturated carbocycles. The first-order valence-electron chi connectivity index (χ1n) is 6.20. The Balaban J connectivity index is 2.00. The van der Waals surface area contributed by atoms with Crippen molar-refractivity contribution >= 4 is 34.8 Å². The molecule has 1 aliphatic rings. The van der Waals surface area contributed by atoms with Crippen LogP contribution in [0.5, 0.6) is 0 Å². The second-order valence-corrected chi connectivity index (χ2v) is 5.64. The molecule has 1 aromatic carbocycles. The summed E-state index contributed by atoms with van der Waals surface area (Å²) in [6.07, 6.45) is 2.42. The number of amides is 1. The highest BCUT2D eigenvalue weighted by Gasteiger charge is 2.25. The molecule has 0 bridgehead atoms. The normalized spacial score (nSPS) is 22.5. The van der Waals surface area contributed by atoms with Crippen LogP contribution in [0.1, 0.15) is 29.6 Å². The van der Waals surface area contributed by atoms with Crippen LogP contribution in [0, 0.1) is 5.92 Å². The number of aliphatic hydroxyl groups is 1. The molecule has 2 atom stereocenters. The fraction of sp³-hybridized carbons (Fsp3) is 0.462. The van der Waals surface area contributed by atoms with Crippen LogP contribution in [0.15, 0.2) is 12.1 Å². The number of nitrogens with two attached hydrogens (primary N) is 1. The maximum atomic E-state index is 12.0. The predicted molar refractivity (Wildman–Crippen MR) is 76.6 cm³/mol. The number of nitrogens with one attached hydrogen (secondary N) is 1. The number of hydrogen-bond acceptors (Lipinski definition) is 3. The molecule has 4 N–H and O–H groups in total. The van der Waals surface area contributed by atoms with Gasteiger partial charge in [-0.05, 0) is 25.0 Å². The topological polar surface area (TPSA) is 75.4 Å². The molecule has 0 aromatic heterocycles. The van der Waals surface area contributed by atoms with Gasteiger partial charge in [0, 0.05) is 18.0 Å². The van der Waals surface area contributed by atoms with Gasteiger partial charge in [0.2, 0.25) is 0 Å². The van der Waals surface area contributed by atoms with Crippen LogP contribution in [-0.2, 0) is 0 Å². The van der Waals surface area contributed by atoms with E-state index in [1.54, 1.807) is 0 Å². The van der Waals surface area contributed by atoms with Gasteiger partial charge in [-0.1, -0.05) is 29.6 Å². The summed E-state index contributed by atoms with van der Waals surface area (Å²) in [5, 5.41) is 13.0. The van der Waals surface area contributed by atoms with E-state index in [0.717, 1.165) is 19.3 Å². The van der Waals surface area contributed by atoms with Crippen molar-refractivity contribution in [1.82, 2.24) is 5.32 Å². The molecule has 0 heterocycles. The van der Waals surface area contributed by atoms with Crippen LogP contribution in [-0.4, -0.2) is 23.7 Å². The lowest BCUT2D eigenvalue weighted by molar-refractivity contribution is 0.0917. The molecule has 1 fully saturated rings. The number of carbonyl (C=O) groups is 1. The highest BCUT2D eigenvalue weighted by molar-refractivity contribution is 6.39. The third kappa shape index (κ3) is 3.32. The lowest BCUT2D eigenvalue weighted by Crippen LogP contribution is -2.32. The first kappa shape index (κ1) is 14.4. The van der Waals surface area contributed by atoms with Gasteiger partial charge in [0.1, 0.15) is 0 Å². The van der Waals surface area contributed by atoms with Gasteiger partial charge < -0.3 is 16.2 Å². The third-order valence-corrected chi connectivity index (χ3v) is 4.11. The molecular weight excluding hydrogens is 287 g/mol. The van der Waals surface area contributed by atoms with Crippen molar-refractivity contribution < 1.29 is 9.90 Å². The van der Waals surface area contributed by atoms with Gasteiger partial charge >= 0.3 is 0 Å². The Labute approximate surface area is 121 Å². The van der Waals surface area contributed by atoms with Crippen LogP contribution >= 0.6 is 23.2 Å². The lowest BCUT2D eigenvalue weighted by Gasteiger charge is -2.15. The number of nitrogen functional groups attached to an aromatic ring is 1. The number of carbonyl (C=O) groups excluding carboxylic acids is 1. The summed E-state index contributed by atoms with van der Waals surface area (Å²) in [6.45, 7) is 0.458. The van der Waals surface area contributed by atoms with Crippen LogP contribution in [0.2, 0.25) is 10.0 Å². The maximum Gasteiger partial charge on any atom is 0.251 e. The van der Waals surface area contributed by atoms with Gasteiger partial charge in [-0.15, -0.1) is 0 Å². The minimum atomic E-state index is -0.320. The number of halogens is 2. The molecule has 1 amide bonds. The number of aliphatic hydroxyl groups excluding tert-OH is 1. The Morgan fingerprint density at radius 2 is 2.00 bits per heavy atom. The zero-order valence-electron chi connectivity index (χ0n) is 10.3. The number of benzene rings is 1. The molecule has 1 aromatic rings. The van der Waals surface area contributed by atoms with E-state index in [9.17, 15) is 9.90 Å². The number of hydrogen-bond donors (Lipinski definition) is 3. The number of anilines is 1. The molecule has 0 aliphatic heterocycles. The Bertz CT molecular complexity index is 471. The summed E-state index contributed by atoms with van der Waals surface area (Å²) in [6, 6.07) is 2.98. The molecule has 2 unspecified atom stereocenters. The van der Waals surface area contributed by atoms with Gasteiger partial charge in [0.15, 0.2) is 0 Å². The largest absolute Gasteiger partial charge is 0.396 e. The molecule has 0 radical (unpaired) electrons. The fourth-order valence-electron chi connectivity index (χ4n) is 2.30. The Kier molecular flexibility index (Phi) is 4.55. The molecule has 19 heavy (non-hydrogen) atoms. The fourth-order valence-corrected chi connectivity index (χ4v) is 2.78. The van der Waals surface area contributed by atoms with Gasteiger partial charge in [-0.2, -0.15) is 0 Å². The first-order chi connectivity index (χ1) is 8.99. The summed E-state index contributed by atoms with van der Waals surface area (Å²) >= 11 is 11.8. The summed E-state index contributed by atoms with van der Waals surface area (Å²) < 4.78 is 0. The van der Waals surface area contributed by atoms with E-state index in [1.807, 2.05) is 0 Å². The van der Waals surface area contributed by atoms with Crippen molar-refractivity contribution in [2.45, 2.75) is 25.4 Å². The maximum absolute atomic E-state index is 12.0. The zero-order valence-corrected chi connectivity index (χ0v) is 11.8. The monoisotopic (exact) mass is 302 g/mol. The smallest absolute Gasteiger partial charge is 0.251 e. The Morgan fingerprint density at radius 3 is 2.53 bits per heavy atom. The molecular formula is C13H16Cl2N2O2. The molecule has 6 heteroatoms. The highest BCUT2D eigenvalue weighted by Crippen LogP contribution is 2.29. The summed E-state index contributed by atoms with van der Waals surface area (Å²) in [5.41, 5.74) is 6.26. The van der Waals surface area contributed by atoms with Gasteiger partial charge in [-0.25, -0.2) is 0 Å². The summed E-state index contributed by atoms with van der Waals surface area (Å²) in [4.78, 5) is 12.0. The second kappa shape index (κ2) is 5.99. The first-order valence-corrected chi connectivity index (χ1v) is 6.95. The van der Waals surface area contributed by atoms with Crippen molar-refractivity contribution in [3.05, 3.63) is 27.7 Å². The molecule has 2 rings (SSSR count). The SMILES string of the molecule is Nc1c(Cl)cc(C(=O)NCC2CCCC2O)cc1Cl. The van der Waals surface area contributed by atoms with Crippen molar-refractivity contribution in [3.8, 4) is 0 Å². The second-order valence-electron chi connectivity index (χ2n) is 4.82. The van der Waals surface area contributed by atoms with Crippen molar-refractivity contribution in [3.63, 3.8) is 0 Å². The van der Waals surface area contributed by atoms with E-state index < -0.39 is 0 Å². The van der Waals surface area contributed by atoms with Crippen molar-refractivity contribution in [2.75, 3.05) is 12.3 Å². The van der Waals surface area contributed by atoms with E-state index in [1.165, 1.54) is 12.1 Å².